The minimum Gasteiger partial charge on any atom is -0.508 e. The van der Waals surface area contributed by atoms with Crippen LogP contribution in [0.2, 0.25) is 6.04 Å². The van der Waals surface area contributed by atoms with Gasteiger partial charge in [-0.2, -0.15) is 5.26 Å². The number of phenolic OH excluding ortho intramolecular Hbond substituents is 1. The van der Waals surface area contributed by atoms with Crippen LogP contribution in [0, 0.1) is 11.3 Å². The van der Waals surface area contributed by atoms with E-state index in [0.29, 0.717) is 11.6 Å². The molecule has 0 spiro atoms. The van der Waals surface area contributed by atoms with E-state index in [9.17, 15) is 5.11 Å². The SMILES string of the molecule is N#Cc1ccc(-c2ccc(O)cc2CCC[Si](Cl)(Cl)Cl)cc1. The number of aromatic hydroxyl groups is 1. The molecule has 0 bridgehead atoms. The fourth-order valence-electron chi connectivity index (χ4n) is 2.27. The zero-order chi connectivity index (χ0) is 16.2. The van der Waals surface area contributed by atoms with Crippen molar-refractivity contribution in [3.63, 3.8) is 0 Å². The van der Waals surface area contributed by atoms with Crippen LogP contribution < -0.4 is 0 Å². The molecule has 2 nitrogen and oxygen atoms in total. The highest BCUT2D eigenvalue weighted by molar-refractivity contribution is 7.64. The maximum absolute atomic E-state index is 9.71. The molecule has 0 atom stereocenters. The van der Waals surface area contributed by atoms with E-state index in [1.54, 1.807) is 24.3 Å². The summed E-state index contributed by atoms with van der Waals surface area (Å²) in [6.45, 7) is 0. The van der Waals surface area contributed by atoms with Crippen molar-refractivity contribution in [2.24, 2.45) is 0 Å². The number of hydrogen-bond acceptors (Lipinski definition) is 2. The number of benzene rings is 2. The van der Waals surface area contributed by atoms with E-state index < -0.39 is 6.00 Å². The van der Waals surface area contributed by atoms with Crippen molar-refractivity contribution in [3.8, 4) is 22.9 Å². The average molecular weight is 371 g/mol. The van der Waals surface area contributed by atoms with Crippen LogP contribution in [0.3, 0.4) is 0 Å². The van der Waals surface area contributed by atoms with E-state index in [2.05, 4.69) is 6.07 Å². The second kappa shape index (κ2) is 7.39. The van der Waals surface area contributed by atoms with Crippen LogP contribution in [0.5, 0.6) is 5.75 Å². The Bertz CT molecular complexity index is 690. The number of aryl methyl sites for hydroxylation is 1. The van der Waals surface area contributed by atoms with Gasteiger partial charge in [-0.1, -0.05) is 18.2 Å². The van der Waals surface area contributed by atoms with Crippen LogP contribution in [-0.2, 0) is 6.42 Å². The number of nitrogens with zero attached hydrogens (tertiary/aromatic N) is 1. The molecule has 0 heterocycles. The van der Waals surface area contributed by atoms with Crippen LogP contribution in [0.4, 0.5) is 0 Å². The minimum absolute atomic E-state index is 0.221. The fourth-order valence-corrected chi connectivity index (χ4v) is 4.05. The predicted molar refractivity (Wildman–Crippen MR) is 94.7 cm³/mol. The summed E-state index contributed by atoms with van der Waals surface area (Å²) in [5.74, 6) is 0.221. The van der Waals surface area contributed by atoms with Gasteiger partial charge in [0.25, 0.3) is 0 Å². The Kier molecular flexibility index (Phi) is 5.77. The molecule has 0 saturated heterocycles. The molecule has 114 valence electrons. The normalized spacial score (nSPS) is 11.2. The molecule has 6 heteroatoms. The smallest absolute Gasteiger partial charge is 0.341 e. The van der Waals surface area contributed by atoms with Crippen molar-refractivity contribution >= 4 is 39.2 Å². The Balaban J connectivity index is 2.25. The summed E-state index contributed by atoms with van der Waals surface area (Å²) in [4.78, 5) is 0. The van der Waals surface area contributed by atoms with Crippen molar-refractivity contribution in [2.45, 2.75) is 18.9 Å². The molecule has 2 aromatic carbocycles. The molecule has 0 aliphatic rings. The lowest BCUT2D eigenvalue weighted by molar-refractivity contribution is 0.474. The Morgan fingerprint density at radius 2 is 1.73 bits per heavy atom. The van der Waals surface area contributed by atoms with Gasteiger partial charge in [-0.15, -0.1) is 33.2 Å². The molecular weight excluding hydrogens is 357 g/mol. The van der Waals surface area contributed by atoms with E-state index in [1.165, 1.54) is 0 Å². The van der Waals surface area contributed by atoms with Crippen molar-refractivity contribution < 1.29 is 5.11 Å². The number of hydrogen-bond donors (Lipinski definition) is 1. The van der Waals surface area contributed by atoms with E-state index in [0.717, 1.165) is 29.5 Å². The molecule has 2 rings (SSSR count). The van der Waals surface area contributed by atoms with Crippen molar-refractivity contribution in [2.75, 3.05) is 0 Å². The number of halogens is 3. The Morgan fingerprint density at radius 3 is 2.32 bits per heavy atom. The lowest BCUT2D eigenvalue weighted by Crippen LogP contribution is -2.08. The first-order chi connectivity index (χ1) is 10.4. The third-order valence-corrected chi connectivity index (χ3v) is 5.94. The first-order valence-corrected chi connectivity index (χ1v) is 12.0. The van der Waals surface area contributed by atoms with Gasteiger partial charge in [-0.3, -0.25) is 0 Å². The van der Waals surface area contributed by atoms with Gasteiger partial charge in [-0.25, -0.2) is 0 Å². The number of rotatable bonds is 5. The number of phenols is 1. The van der Waals surface area contributed by atoms with E-state index in [-0.39, 0.29) is 5.75 Å². The Labute approximate surface area is 145 Å². The third-order valence-electron chi connectivity index (χ3n) is 3.32. The van der Waals surface area contributed by atoms with Gasteiger partial charge in [0, 0.05) is 0 Å². The molecule has 22 heavy (non-hydrogen) atoms. The molecule has 0 aliphatic carbocycles. The fraction of sp³-hybridized carbons (Fsp3) is 0.188. The highest BCUT2D eigenvalue weighted by Gasteiger charge is 2.24. The Hall–Kier alpha value is -1.18. The molecule has 0 aliphatic heterocycles. The molecule has 0 amide bonds. The van der Waals surface area contributed by atoms with Crippen LogP contribution in [-0.4, -0.2) is 11.1 Å². The van der Waals surface area contributed by atoms with Crippen molar-refractivity contribution in [1.29, 1.82) is 5.26 Å². The Morgan fingerprint density at radius 1 is 1.05 bits per heavy atom. The van der Waals surface area contributed by atoms with Gasteiger partial charge in [0.05, 0.1) is 11.6 Å². The van der Waals surface area contributed by atoms with Gasteiger partial charge >= 0.3 is 6.00 Å². The van der Waals surface area contributed by atoms with Crippen LogP contribution in [0.15, 0.2) is 42.5 Å². The highest BCUT2D eigenvalue weighted by atomic mass is 35.8. The third kappa shape index (κ3) is 4.93. The maximum atomic E-state index is 9.71. The lowest BCUT2D eigenvalue weighted by atomic mass is 9.96. The minimum atomic E-state index is -2.62. The highest BCUT2D eigenvalue weighted by Crippen LogP contribution is 2.31. The summed E-state index contributed by atoms with van der Waals surface area (Å²) < 4.78 is 0. The zero-order valence-electron chi connectivity index (χ0n) is 11.7. The second-order valence-corrected chi connectivity index (χ2v) is 14.3. The molecule has 0 aromatic heterocycles. The summed E-state index contributed by atoms with van der Waals surface area (Å²) in [6.07, 6.45) is 1.49. The standard InChI is InChI=1S/C16H14Cl3NOSi/c17-22(18,19)9-1-2-14-10-15(21)7-8-16(14)13-5-3-12(11-20)4-6-13/h3-8,10,21H,1-2,9H2. The van der Waals surface area contributed by atoms with E-state index >= 15 is 0 Å². The first-order valence-electron chi connectivity index (χ1n) is 6.78. The zero-order valence-corrected chi connectivity index (χ0v) is 15.0. The summed E-state index contributed by atoms with van der Waals surface area (Å²) in [5, 5.41) is 18.6. The quantitative estimate of drug-likeness (QED) is 0.556. The van der Waals surface area contributed by atoms with Gasteiger partial charge in [0.1, 0.15) is 5.75 Å². The van der Waals surface area contributed by atoms with Crippen LogP contribution >= 0.6 is 33.2 Å². The maximum Gasteiger partial charge on any atom is 0.341 e. The molecule has 0 unspecified atom stereocenters. The van der Waals surface area contributed by atoms with E-state index in [4.69, 9.17) is 38.5 Å². The monoisotopic (exact) mass is 369 g/mol. The summed E-state index contributed by atoms with van der Waals surface area (Å²) >= 11 is 17.7. The first kappa shape index (κ1) is 17.2. The molecule has 2 aromatic rings. The molecule has 1 N–H and O–H groups in total. The summed E-state index contributed by atoms with van der Waals surface area (Å²) in [6, 6.07) is 12.7. The average Bonchev–Trinajstić information content (AvgIpc) is 2.46. The molecule has 0 fully saturated rings. The molecule has 0 radical (unpaired) electrons. The van der Waals surface area contributed by atoms with Gasteiger partial charge < -0.3 is 5.11 Å². The predicted octanol–water partition coefficient (Wildman–Crippen LogP) is 5.52. The van der Waals surface area contributed by atoms with Crippen molar-refractivity contribution in [3.05, 3.63) is 53.6 Å². The summed E-state index contributed by atoms with van der Waals surface area (Å²) in [5.41, 5.74) is 3.65. The van der Waals surface area contributed by atoms with Crippen LogP contribution in [0.1, 0.15) is 17.5 Å². The van der Waals surface area contributed by atoms with Gasteiger partial charge in [-0.05, 0) is 59.8 Å². The number of nitriles is 1. The van der Waals surface area contributed by atoms with Gasteiger partial charge in [0.15, 0.2) is 0 Å². The van der Waals surface area contributed by atoms with E-state index in [1.807, 2.05) is 18.2 Å². The molecular formula is C16H14Cl3NOSi. The largest absolute Gasteiger partial charge is 0.508 e. The van der Waals surface area contributed by atoms with Gasteiger partial charge in [0.2, 0.25) is 0 Å². The topological polar surface area (TPSA) is 44.0 Å². The molecule has 0 saturated carbocycles. The summed E-state index contributed by atoms with van der Waals surface area (Å²) in [7, 11) is 0. The second-order valence-electron chi connectivity index (χ2n) is 5.00. The van der Waals surface area contributed by atoms with Crippen LogP contribution in [0.25, 0.3) is 11.1 Å². The lowest BCUT2D eigenvalue weighted by Gasteiger charge is -2.12. The van der Waals surface area contributed by atoms with Crippen molar-refractivity contribution in [1.82, 2.24) is 0 Å².